The van der Waals surface area contributed by atoms with Gasteiger partial charge >= 0.3 is 5.97 Å². The van der Waals surface area contributed by atoms with Crippen LogP contribution in [-0.4, -0.2) is 27.5 Å². The predicted molar refractivity (Wildman–Crippen MR) is 80.0 cm³/mol. The van der Waals surface area contributed by atoms with Crippen LogP contribution in [0.2, 0.25) is 0 Å². The van der Waals surface area contributed by atoms with Crippen molar-refractivity contribution in [1.29, 1.82) is 0 Å². The number of carboxylic acids is 1. The van der Waals surface area contributed by atoms with Crippen LogP contribution in [0.25, 0.3) is 0 Å². The third-order valence-electron chi connectivity index (χ3n) is 3.56. The van der Waals surface area contributed by atoms with Crippen molar-refractivity contribution in [2.45, 2.75) is 33.7 Å². The van der Waals surface area contributed by atoms with E-state index in [0.717, 1.165) is 17.8 Å². The molecule has 2 rings (SSSR count). The van der Waals surface area contributed by atoms with Crippen LogP contribution in [0.3, 0.4) is 0 Å². The fraction of sp³-hybridized carbons (Fsp3) is 0.375. The van der Waals surface area contributed by atoms with Gasteiger partial charge in [0.15, 0.2) is 0 Å². The van der Waals surface area contributed by atoms with E-state index in [2.05, 4.69) is 12.0 Å². The molecule has 0 amide bonds. The Kier molecular flexibility index (Phi) is 4.62. The van der Waals surface area contributed by atoms with Gasteiger partial charge in [0.2, 0.25) is 0 Å². The number of ether oxygens (including phenoxy) is 1. The summed E-state index contributed by atoms with van der Waals surface area (Å²) in [5.41, 5.74) is 3.63. The number of hydrogen-bond donors (Lipinski definition) is 1. The Bertz CT molecular complexity index is 647. The molecule has 1 heterocycles. The van der Waals surface area contributed by atoms with Crippen molar-refractivity contribution in [3.63, 3.8) is 0 Å². The van der Waals surface area contributed by atoms with Crippen LogP contribution in [-0.2, 0) is 13.0 Å². The van der Waals surface area contributed by atoms with E-state index in [-0.39, 0.29) is 5.56 Å². The molecule has 1 N–H and O–H groups in total. The van der Waals surface area contributed by atoms with Crippen molar-refractivity contribution in [2.24, 2.45) is 0 Å². The van der Waals surface area contributed by atoms with Crippen molar-refractivity contribution < 1.29 is 14.6 Å². The van der Waals surface area contributed by atoms with Crippen LogP contribution in [0, 0.1) is 13.8 Å². The lowest BCUT2D eigenvalue weighted by Crippen LogP contribution is -2.12. The van der Waals surface area contributed by atoms with E-state index in [0.29, 0.717) is 18.9 Å². The molecule has 2 aromatic rings. The quantitative estimate of drug-likeness (QED) is 0.887. The van der Waals surface area contributed by atoms with Crippen molar-refractivity contribution in [1.82, 2.24) is 9.78 Å². The molecule has 0 aliphatic heterocycles. The molecule has 0 radical (unpaired) electrons. The normalized spacial score (nSPS) is 10.6. The molecule has 0 aliphatic rings. The molecule has 112 valence electrons. The number of aromatic carboxylic acids is 1. The van der Waals surface area contributed by atoms with E-state index in [1.165, 1.54) is 11.6 Å². The molecule has 0 fully saturated rings. The zero-order valence-corrected chi connectivity index (χ0v) is 12.6. The molecular formula is C16H20N2O3. The monoisotopic (exact) mass is 288 g/mol. The third kappa shape index (κ3) is 3.24. The zero-order chi connectivity index (χ0) is 15.4. The van der Waals surface area contributed by atoms with Crippen LogP contribution in [0.15, 0.2) is 24.3 Å². The summed E-state index contributed by atoms with van der Waals surface area (Å²) in [5.74, 6) is -0.591. The van der Waals surface area contributed by atoms with Gasteiger partial charge in [-0.25, -0.2) is 4.79 Å². The highest BCUT2D eigenvalue weighted by molar-refractivity contribution is 5.90. The smallest absolute Gasteiger partial charge is 0.339 e. The number of aryl methyl sites for hydroxylation is 1. The number of carbonyl (C=O) groups is 1. The van der Waals surface area contributed by atoms with E-state index >= 15 is 0 Å². The number of nitrogens with zero attached hydrogens (tertiary/aromatic N) is 2. The van der Waals surface area contributed by atoms with Gasteiger partial charge in [-0.05, 0) is 38.0 Å². The van der Waals surface area contributed by atoms with Gasteiger partial charge in [0, 0.05) is 5.69 Å². The minimum atomic E-state index is -0.981. The molecule has 5 nitrogen and oxygen atoms in total. The average Bonchev–Trinajstić information content (AvgIpc) is 2.73. The van der Waals surface area contributed by atoms with Crippen LogP contribution >= 0.6 is 0 Å². The fourth-order valence-corrected chi connectivity index (χ4v) is 2.47. The van der Waals surface area contributed by atoms with E-state index in [4.69, 9.17) is 9.84 Å². The van der Waals surface area contributed by atoms with Gasteiger partial charge in [-0.2, -0.15) is 5.10 Å². The maximum absolute atomic E-state index is 11.1. The Morgan fingerprint density at radius 1 is 1.33 bits per heavy atom. The maximum atomic E-state index is 11.1. The van der Waals surface area contributed by atoms with Crippen molar-refractivity contribution in [3.05, 3.63) is 46.8 Å². The van der Waals surface area contributed by atoms with Crippen LogP contribution in [0.5, 0.6) is 5.75 Å². The van der Waals surface area contributed by atoms with Crippen molar-refractivity contribution in [2.75, 3.05) is 6.61 Å². The Hall–Kier alpha value is -2.30. The number of benzene rings is 1. The van der Waals surface area contributed by atoms with Gasteiger partial charge in [-0.1, -0.05) is 19.1 Å². The lowest BCUT2D eigenvalue weighted by atomic mass is 10.1. The maximum Gasteiger partial charge on any atom is 0.339 e. The van der Waals surface area contributed by atoms with E-state index in [1.54, 1.807) is 18.2 Å². The second-order valence-electron chi connectivity index (χ2n) is 4.88. The summed E-state index contributed by atoms with van der Waals surface area (Å²) in [4.78, 5) is 11.1. The fourth-order valence-electron chi connectivity index (χ4n) is 2.47. The second-order valence-corrected chi connectivity index (χ2v) is 4.88. The molecule has 0 spiro atoms. The highest BCUT2D eigenvalue weighted by atomic mass is 16.5. The summed E-state index contributed by atoms with van der Waals surface area (Å²) in [7, 11) is 0. The molecule has 0 aliphatic carbocycles. The summed E-state index contributed by atoms with van der Waals surface area (Å²) in [6.45, 7) is 7.14. The van der Waals surface area contributed by atoms with Crippen LogP contribution < -0.4 is 4.74 Å². The van der Waals surface area contributed by atoms with Gasteiger partial charge in [0.05, 0.1) is 12.2 Å². The number of carboxylic acid groups (broad SMARTS) is 1. The zero-order valence-electron chi connectivity index (χ0n) is 12.6. The number of para-hydroxylation sites is 1. The predicted octanol–water partition coefficient (Wildman–Crippen LogP) is 2.84. The SMILES string of the molecule is CCc1c(C)nn(CCOc2ccccc2C(=O)O)c1C. The molecular weight excluding hydrogens is 268 g/mol. The molecule has 5 heteroatoms. The Morgan fingerprint density at radius 3 is 2.67 bits per heavy atom. The van der Waals surface area contributed by atoms with Gasteiger partial charge < -0.3 is 9.84 Å². The van der Waals surface area contributed by atoms with E-state index < -0.39 is 5.97 Å². The van der Waals surface area contributed by atoms with Crippen molar-refractivity contribution in [3.8, 4) is 5.75 Å². The first-order valence-corrected chi connectivity index (χ1v) is 7.02. The molecule has 0 saturated heterocycles. The summed E-state index contributed by atoms with van der Waals surface area (Å²) < 4.78 is 7.51. The topological polar surface area (TPSA) is 64.4 Å². The lowest BCUT2D eigenvalue weighted by Gasteiger charge is -2.10. The molecule has 0 saturated carbocycles. The lowest BCUT2D eigenvalue weighted by molar-refractivity contribution is 0.0692. The number of aromatic nitrogens is 2. The van der Waals surface area contributed by atoms with E-state index in [9.17, 15) is 4.79 Å². The molecule has 0 atom stereocenters. The third-order valence-corrected chi connectivity index (χ3v) is 3.56. The molecule has 0 unspecified atom stereocenters. The Balaban J connectivity index is 2.04. The minimum absolute atomic E-state index is 0.181. The highest BCUT2D eigenvalue weighted by Gasteiger charge is 2.12. The van der Waals surface area contributed by atoms with Crippen LogP contribution in [0.4, 0.5) is 0 Å². The van der Waals surface area contributed by atoms with Gasteiger partial charge in [-0.15, -0.1) is 0 Å². The first-order valence-electron chi connectivity index (χ1n) is 7.02. The average molecular weight is 288 g/mol. The standard InChI is InChI=1S/C16H20N2O3/c1-4-13-11(2)17-18(12(13)3)9-10-21-15-8-6-5-7-14(15)16(19)20/h5-8H,4,9-10H2,1-3H3,(H,19,20). The molecule has 0 bridgehead atoms. The number of hydrogen-bond acceptors (Lipinski definition) is 3. The summed E-state index contributed by atoms with van der Waals surface area (Å²) in [6.07, 6.45) is 0.959. The summed E-state index contributed by atoms with van der Waals surface area (Å²) in [6, 6.07) is 6.66. The van der Waals surface area contributed by atoms with Gasteiger partial charge in [0.25, 0.3) is 0 Å². The van der Waals surface area contributed by atoms with Gasteiger partial charge in [-0.3, -0.25) is 4.68 Å². The second kappa shape index (κ2) is 6.43. The Morgan fingerprint density at radius 2 is 2.05 bits per heavy atom. The highest BCUT2D eigenvalue weighted by Crippen LogP contribution is 2.18. The molecule has 1 aromatic carbocycles. The Labute approximate surface area is 124 Å². The molecule has 1 aromatic heterocycles. The summed E-state index contributed by atoms with van der Waals surface area (Å²) in [5, 5.41) is 13.6. The number of rotatable bonds is 6. The van der Waals surface area contributed by atoms with Gasteiger partial charge in [0.1, 0.15) is 17.9 Å². The first kappa shape index (κ1) is 15.1. The van der Waals surface area contributed by atoms with Crippen LogP contribution in [0.1, 0.15) is 34.2 Å². The molecule has 21 heavy (non-hydrogen) atoms. The van der Waals surface area contributed by atoms with E-state index in [1.807, 2.05) is 18.5 Å². The largest absolute Gasteiger partial charge is 0.491 e. The van der Waals surface area contributed by atoms with Crippen molar-refractivity contribution >= 4 is 5.97 Å². The first-order chi connectivity index (χ1) is 10.0. The minimum Gasteiger partial charge on any atom is -0.491 e. The summed E-state index contributed by atoms with van der Waals surface area (Å²) >= 11 is 0.